The number of hydrogen-bond donors (Lipinski definition) is 4. The highest BCUT2D eigenvalue weighted by molar-refractivity contribution is 5.73. The Labute approximate surface area is 202 Å². The van der Waals surface area contributed by atoms with Crippen LogP contribution >= 0.6 is 0 Å². The van der Waals surface area contributed by atoms with Gasteiger partial charge in [-0.3, -0.25) is 5.43 Å². The maximum absolute atomic E-state index is 11.7. The number of hydrazine groups is 1. The van der Waals surface area contributed by atoms with Crippen LogP contribution in [-0.4, -0.2) is 30.8 Å². The van der Waals surface area contributed by atoms with Crippen molar-refractivity contribution in [3.63, 3.8) is 0 Å². The number of carbonyl (C=O) groups is 1. The highest BCUT2D eigenvalue weighted by Gasteiger charge is 1.99. The smallest absolute Gasteiger partial charge is 0.329 e. The van der Waals surface area contributed by atoms with Gasteiger partial charge in [-0.05, 0) is 30.7 Å². The second-order valence-corrected chi connectivity index (χ2v) is 8.95. The Morgan fingerprint density at radius 1 is 0.727 bits per heavy atom. The Morgan fingerprint density at radius 3 is 1.73 bits per heavy atom. The average Bonchev–Trinajstić information content (AvgIpc) is 2.82. The van der Waals surface area contributed by atoms with Gasteiger partial charge in [0.25, 0.3) is 0 Å². The topological polar surface area (TPSA) is 82.6 Å². The molecule has 190 valence electrons. The molecule has 0 aromatic heterocycles. The van der Waals surface area contributed by atoms with Crippen molar-refractivity contribution < 1.29 is 14.6 Å². The summed E-state index contributed by atoms with van der Waals surface area (Å²) < 4.78 is 5.48. The highest BCUT2D eigenvalue weighted by atomic mass is 16.5. The lowest BCUT2D eigenvalue weighted by Gasteiger charge is -2.10. The molecule has 1 aromatic carbocycles. The van der Waals surface area contributed by atoms with Crippen molar-refractivity contribution in [1.29, 1.82) is 0 Å². The molecule has 0 atom stereocenters. The lowest BCUT2D eigenvalue weighted by molar-refractivity contribution is 0.232. The first-order valence-electron chi connectivity index (χ1n) is 13.4. The van der Waals surface area contributed by atoms with E-state index in [-0.39, 0.29) is 11.8 Å². The summed E-state index contributed by atoms with van der Waals surface area (Å²) in [5.41, 5.74) is 5.62. The zero-order valence-electron chi connectivity index (χ0n) is 21.0. The fraction of sp³-hybridized carbons (Fsp3) is 0.741. The number of hydrogen-bond acceptors (Lipinski definition) is 4. The van der Waals surface area contributed by atoms with Crippen LogP contribution in [0.2, 0.25) is 0 Å². The van der Waals surface area contributed by atoms with E-state index in [1.165, 1.54) is 96.3 Å². The van der Waals surface area contributed by atoms with Crippen LogP contribution in [0, 0.1) is 0 Å². The number of amides is 2. The van der Waals surface area contributed by atoms with Gasteiger partial charge in [-0.15, -0.1) is 0 Å². The van der Waals surface area contributed by atoms with E-state index in [0.717, 1.165) is 13.0 Å². The normalized spacial score (nSPS) is 10.8. The third kappa shape index (κ3) is 19.2. The maximum atomic E-state index is 11.7. The standard InChI is InChI=1S/C27H49N3O3/c1-2-3-4-5-6-7-8-9-10-11-12-13-14-15-16-17-22-29-30-27(32)28-23-24-33-26-20-18-25(31)19-21-26/h18-21,29,31H,2-17,22-24H2,1H3,(H2,28,30,32). The van der Waals surface area contributed by atoms with Gasteiger partial charge in [0.2, 0.25) is 0 Å². The summed E-state index contributed by atoms with van der Waals surface area (Å²) in [5.74, 6) is 0.868. The Kier molecular flexibility index (Phi) is 19.3. The molecule has 0 bridgehead atoms. The molecule has 0 aliphatic carbocycles. The number of urea groups is 1. The van der Waals surface area contributed by atoms with Crippen LogP contribution in [-0.2, 0) is 0 Å². The molecule has 4 N–H and O–H groups in total. The van der Waals surface area contributed by atoms with Gasteiger partial charge in [0.1, 0.15) is 18.1 Å². The SMILES string of the molecule is CCCCCCCCCCCCCCCCCCNNC(=O)NCCOc1ccc(O)cc1. The van der Waals surface area contributed by atoms with Crippen LogP contribution in [0.5, 0.6) is 11.5 Å². The minimum Gasteiger partial charge on any atom is -0.508 e. The van der Waals surface area contributed by atoms with E-state index in [2.05, 4.69) is 23.1 Å². The lowest BCUT2D eigenvalue weighted by Crippen LogP contribution is -2.45. The van der Waals surface area contributed by atoms with Crippen molar-refractivity contribution in [2.75, 3.05) is 19.7 Å². The fourth-order valence-electron chi connectivity index (χ4n) is 3.82. The number of nitrogens with one attached hydrogen (secondary N) is 3. The molecule has 0 unspecified atom stereocenters. The molecule has 0 radical (unpaired) electrons. The van der Waals surface area contributed by atoms with Crippen LogP contribution in [0.4, 0.5) is 4.79 Å². The van der Waals surface area contributed by atoms with E-state index in [9.17, 15) is 9.90 Å². The summed E-state index contributed by atoms with van der Waals surface area (Å²) in [7, 11) is 0. The van der Waals surface area contributed by atoms with Gasteiger partial charge in [0.15, 0.2) is 0 Å². The molecule has 0 heterocycles. The average molecular weight is 464 g/mol. The van der Waals surface area contributed by atoms with Crippen molar-refractivity contribution in [2.45, 2.75) is 110 Å². The monoisotopic (exact) mass is 463 g/mol. The maximum Gasteiger partial charge on any atom is 0.329 e. The Bertz CT molecular complexity index is 566. The predicted octanol–water partition coefficient (Wildman–Crippen LogP) is 6.84. The van der Waals surface area contributed by atoms with E-state index in [1.54, 1.807) is 24.3 Å². The number of carbonyl (C=O) groups excluding carboxylic acids is 1. The molecule has 0 saturated heterocycles. The van der Waals surface area contributed by atoms with Crippen LogP contribution in [0.1, 0.15) is 110 Å². The zero-order chi connectivity index (χ0) is 23.8. The summed E-state index contributed by atoms with van der Waals surface area (Å²) in [4.78, 5) is 11.7. The summed E-state index contributed by atoms with van der Waals surface area (Å²) in [6.07, 6.45) is 21.8. The molecule has 1 aromatic rings. The van der Waals surface area contributed by atoms with Crippen molar-refractivity contribution in [2.24, 2.45) is 0 Å². The minimum atomic E-state index is -0.249. The number of rotatable bonds is 22. The Hall–Kier alpha value is -1.95. The van der Waals surface area contributed by atoms with Gasteiger partial charge in [0.05, 0.1) is 6.54 Å². The first kappa shape index (κ1) is 29.1. The van der Waals surface area contributed by atoms with Crippen LogP contribution in [0.25, 0.3) is 0 Å². The van der Waals surface area contributed by atoms with Gasteiger partial charge >= 0.3 is 6.03 Å². The van der Waals surface area contributed by atoms with Crippen molar-refractivity contribution >= 4 is 6.03 Å². The van der Waals surface area contributed by atoms with Crippen LogP contribution in [0.15, 0.2) is 24.3 Å². The first-order chi connectivity index (χ1) is 16.2. The summed E-state index contributed by atoms with van der Waals surface area (Å²) in [6.45, 7) is 3.85. The summed E-state index contributed by atoms with van der Waals surface area (Å²) >= 11 is 0. The largest absolute Gasteiger partial charge is 0.508 e. The Morgan fingerprint density at radius 2 is 1.21 bits per heavy atom. The predicted molar refractivity (Wildman–Crippen MR) is 138 cm³/mol. The zero-order valence-corrected chi connectivity index (χ0v) is 21.0. The molecule has 33 heavy (non-hydrogen) atoms. The summed E-state index contributed by atoms with van der Waals surface area (Å²) in [6, 6.07) is 6.26. The highest BCUT2D eigenvalue weighted by Crippen LogP contribution is 2.15. The number of phenolic OH excluding ortho intramolecular Hbond substituents is 1. The van der Waals surface area contributed by atoms with Gasteiger partial charge < -0.3 is 15.2 Å². The molecule has 0 aliphatic rings. The molecular formula is C27H49N3O3. The molecule has 6 nitrogen and oxygen atoms in total. The second kappa shape index (κ2) is 21.9. The first-order valence-corrected chi connectivity index (χ1v) is 13.4. The molecule has 0 spiro atoms. The van der Waals surface area contributed by atoms with Crippen LogP contribution < -0.4 is 20.9 Å². The van der Waals surface area contributed by atoms with E-state index >= 15 is 0 Å². The van der Waals surface area contributed by atoms with Crippen LogP contribution in [0.3, 0.4) is 0 Å². The molecular weight excluding hydrogens is 414 g/mol. The number of ether oxygens (including phenoxy) is 1. The Balaban J connectivity index is 1.74. The number of aromatic hydroxyl groups is 1. The fourth-order valence-corrected chi connectivity index (χ4v) is 3.82. The van der Waals surface area contributed by atoms with Crippen molar-refractivity contribution in [1.82, 2.24) is 16.2 Å². The van der Waals surface area contributed by atoms with E-state index in [4.69, 9.17) is 4.74 Å². The molecule has 0 fully saturated rings. The quantitative estimate of drug-likeness (QED) is 0.112. The minimum absolute atomic E-state index is 0.204. The third-order valence-corrected chi connectivity index (χ3v) is 5.85. The van der Waals surface area contributed by atoms with E-state index in [1.807, 2.05) is 0 Å². The van der Waals surface area contributed by atoms with Gasteiger partial charge in [-0.25, -0.2) is 10.2 Å². The summed E-state index contributed by atoms with van der Waals surface area (Å²) in [5, 5.41) is 12.0. The molecule has 1 rings (SSSR count). The number of benzene rings is 1. The van der Waals surface area contributed by atoms with E-state index < -0.39 is 0 Å². The van der Waals surface area contributed by atoms with Gasteiger partial charge in [0, 0.05) is 6.54 Å². The second-order valence-electron chi connectivity index (χ2n) is 8.95. The number of phenols is 1. The van der Waals surface area contributed by atoms with Crippen molar-refractivity contribution in [3.05, 3.63) is 24.3 Å². The van der Waals surface area contributed by atoms with Gasteiger partial charge in [-0.1, -0.05) is 103 Å². The lowest BCUT2D eigenvalue weighted by atomic mass is 10.0. The molecule has 2 amide bonds. The van der Waals surface area contributed by atoms with Crippen molar-refractivity contribution in [3.8, 4) is 11.5 Å². The van der Waals surface area contributed by atoms with E-state index in [0.29, 0.717) is 18.9 Å². The molecule has 0 aliphatic heterocycles. The van der Waals surface area contributed by atoms with Gasteiger partial charge in [-0.2, -0.15) is 0 Å². The molecule has 6 heteroatoms. The number of unbranched alkanes of at least 4 members (excludes halogenated alkanes) is 15. The molecule has 0 saturated carbocycles. The third-order valence-electron chi connectivity index (χ3n) is 5.85.